The zero-order chi connectivity index (χ0) is 52.7. The lowest BCUT2D eigenvalue weighted by Gasteiger charge is -2.35. The van der Waals surface area contributed by atoms with E-state index < -0.39 is 18.2 Å². The number of rotatable bonds is 14. The molecule has 18 nitrogen and oxygen atoms in total. The Balaban J connectivity index is 0.000000153. The number of carboxylic acid groups (broad SMARTS) is 3. The molecule has 6 heterocycles. The monoisotopic (exact) mass is 1020 g/mol. The van der Waals surface area contributed by atoms with Crippen LogP contribution in [0.1, 0.15) is 46.8 Å². The Labute approximate surface area is 435 Å². The molecule has 3 aliphatic rings. The molecule has 0 spiro atoms. The van der Waals surface area contributed by atoms with Gasteiger partial charge in [0.15, 0.2) is 11.6 Å². The molecule has 0 unspecified atom stereocenters. The van der Waals surface area contributed by atoms with Crippen molar-refractivity contribution in [3.05, 3.63) is 186 Å². The van der Waals surface area contributed by atoms with Gasteiger partial charge in [0.05, 0.1) is 50.4 Å². The molecule has 0 bridgehead atoms. The third kappa shape index (κ3) is 13.6. The van der Waals surface area contributed by atoms with Gasteiger partial charge in [0.25, 0.3) is 0 Å². The molecule has 3 atom stereocenters. The Kier molecular flexibility index (Phi) is 17.6. The van der Waals surface area contributed by atoms with E-state index in [1.165, 1.54) is 9.80 Å². The number of methoxy groups -OCH3 is 2. The van der Waals surface area contributed by atoms with Crippen LogP contribution in [0.3, 0.4) is 0 Å². The van der Waals surface area contributed by atoms with Crippen molar-refractivity contribution in [3.8, 4) is 11.5 Å². The van der Waals surface area contributed by atoms with Crippen LogP contribution in [0, 0.1) is 0 Å². The number of ether oxygens (including phenoxy) is 3. The van der Waals surface area contributed by atoms with Crippen LogP contribution in [0.4, 0.5) is 44.1 Å². The number of fused-ring (bicyclic) bond motifs is 3. The summed E-state index contributed by atoms with van der Waals surface area (Å²) in [5.41, 5.74) is 7.50. The number of hydrogen-bond acceptors (Lipinski definition) is 13. The summed E-state index contributed by atoms with van der Waals surface area (Å²) < 4.78 is 16.8. The van der Waals surface area contributed by atoms with Crippen molar-refractivity contribution in [3.63, 3.8) is 0 Å². The second kappa shape index (κ2) is 25.2. The molecule has 18 heteroatoms. The zero-order valence-corrected chi connectivity index (χ0v) is 42.0. The Bertz CT molecular complexity index is 2890. The number of hydrogen-bond donors (Lipinski definition) is 5. The molecule has 0 saturated carbocycles. The van der Waals surface area contributed by atoms with E-state index in [2.05, 4.69) is 54.4 Å². The molecular weight excluding hydrogens is 955 g/mol. The summed E-state index contributed by atoms with van der Waals surface area (Å²) >= 11 is 0. The molecule has 4 aromatic carbocycles. The Morgan fingerprint density at radius 2 is 1.15 bits per heavy atom. The molecule has 5 N–H and O–H groups in total. The third-order valence-electron chi connectivity index (χ3n) is 13.0. The predicted molar refractivity (Wildman–Crippen MR) is 289 cm³/mol. The largest absolute Gasteiger partial charge is 0.497 e. The molecule has 3 aliphatic heterocycles. The van der Waals surface area contributed by atoms with Gasteiger partial charge in [-0.2, -0.15) is 0 Å². The Morgan fingerprint density at radius 3 is 1.68 bits per heavy atom. The van der Waals surface area contributed by atoms with Crippen LogP contribution >= 0.6 is 0 Å². The van der Waals surface area contributed by atoms with Gasteiger partial charge in [-0.05, 0) is 88.5 Å². The lowest BCUT2D eigenvalue weighted by Crippen LogP contribution is -2.43. The molecule has 0 aliphatic carbocycles. The minimum absolute atomic E-state index is 0.0235. The number of aliphatic carboxylic acids is 1. The van der Waals surface area contributed by atoms with E-state index in [9.17, 15) is 24.6 Å². The van der Waals surface area contributed by atoms with Crippen molar-refractivity contribution in [2.24, 2.45) is 0 Å². The molecule has 0 fully saturated rings. The predicted octanol–water partition coefficient (Wildman–Crippen LogP) is 9.67. The van der Waals surface area contributed by atoms with Gasteiger partial charge in [-0.1, -0.05) is 85.8 Å². The molecule has 0 saturated heterocycles. The summed E-state index contributed by atoms with van der Waals surface area (Å²) in [6.07, 6.45) is 3.12. The molecule has 3 aromatic heterocycles. The van der Waals surface area contributed by atoms with Crippen LogP contribution in [-0.4, -0.2) is 108 Å². The maximum Gasteiger partial charge on any atom is 0.411 e. The van der Waals surface area contributed by atoms with E-state index in [0.717, 1.165) is 57.4 Å². The summed E-state index contributed by atoms with van der Waals surface area (Å²) in [7, 11) is 3.28. The van der Waals surface area contributed by atoms with Gasteiger partial charge in [-0.3, -0.25) is 14.6 Å². The molecule has 10 rings (SSSR count). The van der Waals surface area contributed by atoms with E-state index in [-0.39, 0.29) is 24.5 Å². The standard InChI is InChI=1S/C25H27N3O3.2C16H17N3O3/c1-17(20-10-5-7-18(13-20)14-23(29)30)16-31-24(19-8-3-2-4-9-19)22-15-27-21-11-6-12-26-25(21)28-22;2*1-22-13-6-4-12(5-7-13)11-18-9-10-19(16(20)21)14-3-2-8-17-15(14)18/h2-13,17,22,24,27H,14-16H2,1H3,(H,26,28)(H,29,30);2*2-8H,9-11H2,1H3,(H,20,21)/t17-,22+,24-;;/m0../s1. The molecule has 75 heavy (non-hydrogen) atoms. The second-order valence-electron chi connectivity index (χ2n) is 18.0. The first kappa shape index (κ1) is 52.4. The van der Waals surface area contributed by atoms with Crippen LogP contribution in [0.2, 0.25) is 0 Å². The molecule has 2 amide bonds. The van der Waals surface area contributed by atoms with Crippen LogP contribution in [0.25, 0.3) is 0 Å². The summed E-state index contributed by atoms with van der Waals surface area (Å²) in [4.78, 5) is 53.7. The smallest absolute Gasteiger partial charge is 0.411 e. The van der Waals surface area contributed by atoms with Gasteiger partial charge >= 0.3 is 18.2 Å². The van der Waals surface area contributed by atoms with Crippen LogP contribution in [0.5, 0.6) is 11.5 Å². The Hall–Kier alpha value is -8.90. The van der Waals surface area contributed by atoms with Gasteiger partial charge in [-0.15, -0.1) is 0 Å². The van der Waals surface area contributed by atoms with Gasteiger partial charge in [0, 0.05) is 70.3 Å². The maximum atomic E-state index is 11.3. The number of amides is 2. The summed E-state index contributed by atoms with van der Waals surface area (Å²) in [6.45, 7) is 6.80. The van der Waals surface area contributed by atoms with Crippen molar-refractivity contribution in [2.75, 3.05) is 83.8 Å². The van der Waals surface area contributed by atoms with E-state index in [1.54, 1.807) is 57.1 Å². The average molecular weight is 1020 g/mol. The number of benzene rings is 4. The van der Waals surface area contributed by atoms with E-state index >= 15 is 0 Å². The lowest BCUT2D eigenvalue weighted by molar-refractivity contribution is -0.136. The first-order valence-electron chi connectivity index (χ1n) is 24.6. The van der Waals surface area contributed by atoms with Crippen molar-refractivity contribution in [1.82, 2.24) is 15.0 Å². The zero-order valence-electron chi connectivity index (χ0n) is 42.0. The minimum atomic E-state index is -0.946. The highest BCUT2D eigenvalue weighted by Gasteiger charge is 2.31. The first-order valence-corrected chi connectivity index (χ1v) is 24.6. The van der Waals surface area contributed by atoms with E-state index in [0.29, 0.717) is 68.9 Å². The van der Waals surface area contributed by atoms with Crippen LogP contribution < -0.4 is 39.7 Å². The number of carboxylic acids is 1. The number of nitrogens with zero attached hydrogens (tertiary/aromatic N) is 7. The third-order valence-corrected chi connectivity index (χ3v) is 13.0. The lowest BCUT2D eigenvalue weighted by atomic mass is 9.97. The highest BCUT2D eigenvalue weighted by molar-refractivity contribution is 5.92. The van der Waals surface area contributed by atoms with Crippen molar-refractivity contribution >= 4 is 52.7 Å². The number of carbonyl (C=O) groups is 3. The van der Waals surface area contributed by atoms with Gasteiger partial charge in [-0.25, -0.2) is 24.5 Å². The minimum Gasteiger partial charge on any atom is -0.497 e. The van der Waals surface area contributed by atoms with E-state index in [4.69, 9.17) is 19.3 Å². The maximum absolute atomic E-state index is 11.3. The number of pyridine rings is 3. The summed E-state index contributed by atoms with van der Waals surface area (Å²) in [5.74, 6) is 3.17. The molecule has 7 aromatic rings. The van der Waals surface area contributed by atoms with Gasteiger partial charge in [0.1, 0.15) is 23.4 Å². The van der Waals surface area contributed by atoms with Crippen LogP contribution in [-0.2, 0) is 29.0 Å². The van der Waals surface area contributed by atoms with Crippen molar-refractivity contribution in [2.45, 2.75) is 44.5 Å². The number of aromatic nitrogens is 3. The van der Waals surface area contributed by atoms with Gasteiger partial charge in [0.2, 0.25) is 0 Å². The average Bonchev–Trinajstić information content (AvgIpc) is 3.44. The quantitative estimate of drug-likeness (QED) is 0.0685. The highest BCUT2D eigenvalue weighted by atomic mass is 16.5. The van der Waals surface area contributed by atoms with Crippen LogP contribution in [0.15, 0.2) is 158 Å². The van der Waals surface area contributed by atoms with Gasteiger partial charge < -0.3 is 50.0 Å². The fourth-order valence-electron chi connectivity index (χ4n) is 9.10. The summed E-state index contributed by atoms with van der Waals surface area (Å²) in [6, 6.07) is 44.7. The SMILES string of the molecule is COc1ccc(CN2CCN(C(=O)O)c3cccnc32)cc1.COc1ccc(CN2CCN(C(=O)O)c3cccnc32)cc1.C[C@@H](CO[C@@H](c1ccccc1)[C@H]1CNc2cccnc2N1)c1cccc(CC(=O)O)c1. The van der Waals surface area contributed by atoms with Crippen molar-refractivity contribution in [1.29, 1.82) is 0 Å². The fraction of sp³-hybridized carbons (Fsp3) is 0.263. The molecular formula is C57H61N9O9. The van der Waals surface area contributed by atoms with Crippen molar-refractivity contribution < 1.29 is 43.9 Å². The fourth-order valence-corrected chi connectivity index (χ4v) is 9.10. The number of nitrogens with one attached hydrogen (secondary N) is 2. The topological polar surface area (TPSA) is 215 Å². The number of anilines is 6. The molecule has 0 radical (unpaired) electrons. The highest BCUT2D eigenvalue weighted by Crippen LogP contribution is 2.35. The first-order chi connectivity index (χ1) is 36.5. The second-order valence-corrected chi connectivity index (χ2v) is 18.0. The van der Waals surface area contributed by atoms with E-state index in [1.807, 2.05) is 103 Å². The molecule has 388 valence electrons. The normalized spacial score (nSPS) is 15.1. The Morgan fingerprint density at radius 1 is 0.613 bits per heavy atom. The summed E-state index contributed by atoms with van der Waals surface area (Å²) in [5, 5.41) is 34.6.